The number of Topliss-reactive ketones (excluding diaryl/α,β-unsaturated/α-hetero) is 1. The van der Waals surface area contributed by atoms with E-state index in [1.165, 1.54) is 0 Å². The van der Waals surface area contributed by atoms with Gasteiger partial charge in [-0.05, 0) is 45.2 Å². The number of hydrogen-bond donors (Lipinski definition) is 1. The number of ketones is 1. The highest BCUT2D eigenvalue weighted by Gasteiger charge is 2.34. The zero-order valence-corrected chi connectivity index (χ0v) is 16.4. The third-order valence-corrected chi connectivity index (χ3v) is 4.50. The van der Waals surface area contributed by atoms with E-state index in [1.807, 2.05) is 33.8 Å². The van der Waals surface area contributed by atoms with E-state index in [0.29, 0.717) is 19.5 Å². The van der Waals surface area contributed by atoms with Crippen LogP contribution in [-0.2, 0) is 9.53 Å². The smallest absolute Gasteiger partial charge is 0.410 e. The number of nitrogens with zero attached hydrogens (tertiary/aromatic N) is 2. The number of ether oxygens (including phenoxy) is 1. The molecule has 0 radical (unpaired) electrons. The van der Waals surface area contributed by atoms with E-state index in [0.717, 1.165) is 22.2 Å². The van der Waals surface area contributed by atoms with Gasteiger partial charge in [-0.15, -0.1) is 0 Å². The molecule has 3 rings (SSSR count). The first-order valence-corrected chi connectivity index (χ1v) is 9.30. The fourth-order valence-corrected chi connectivity index (χ4v) is 3.17. The van der Waals surface area contributed by atoms with Crippen LogP contribution in [0.4, 0.5) is 10.6 Å². The average Bonchev–Trinajstić information content (AvgIpc) is 2.54. The van der Waals surface area contributed by atoms with E-state index in [9.17, 15) is 9.59 Å². The van der Waals surface area contributed by atoms with Crippen LogP contribution in [0.25, 0.3) is 10.8 Å². The van der Waals surface area contributed by atoms with Gasteiger partial charge in [-0.25, -0.2) is 9.78 Å². The summed E-state index contributed by atoms with van der Waals surface area (Å²) >= 11 is 0. The minimum absolute atomic E-state index is 0.121. The van der Waals surface area contributed by atoms with Gasteiger partial charge in [0.25, 0.3) is 0 Å². The van der Waals surface area contributed by atoms with Crippen molar-refractivity contribution in [3.63, 3.8) is 0 Å². The Hall–Kier alpha value is -2.63. The molecule has 1 N–H and O–H groups in total. The van der Waals surface area contributed by atoms with Crippen molar-refractivity contribution in [2.75, 3.05) is 25.0 Å². The molecule has 6 heteroatoms. The molecule has 6 nitrogen and oxygen atoms in total. The monoisotopic (exact) mass is 369 g/mol. The number of hydrogen-bond acceptors (Lipinski definition) is 5. The molecule has 2 heterocycles. The molecule has 0 spiro atoms. The van der Waals surface area contributed by atoms with E-state index in [4.69, 9.17) is 4.74 Å². The first-order chi connectivity index (χ1) is 12.7. The van der Waals surface area contributed by atoms with Crippen molar-refractivity contribution in [2.24, 2.45) is 5.92 Å². The highest BCUT2D eigenvalue weighted by molar-refractivity contribution is 5.93. The van der Waals surface area contributed by atoms with Crippen molar-refractivity contribution in [1.82, 2.24) is 9.88 Å². The molecule has 1 aromatic carbocycles. The third-order valence-electron chi connectivity index (χ3n) is 4.50. The van der Waals surface area contributed by atoms with Crippen molar-refractivity contribution < 1.29 is 14.3 Å². The summed E-state index contributed by atoms with van der Waals surface area (Å²) in [7, 11) is 0. The van der Waals surface area contributed by atoms with E-state index in [2.05, 4.69) is 28.5 Å². The predicted molar refractivity (Wildman–Crippen MR) is 106 cm³/mol. The molecule has 27 heavy (non-hydrogen) atoms. The van der Waals surface area contributed by atoms with Crippen molar-refractivity contribution in [2.45, 2.75) is 39.7 Å². The van der Waals surface area contributed by atoms with Gasteiger partial charge in [0.2, 0.25) is 0 Å². The largest absolute Gasteiger partial charge is 0.444 e. The quantitative estimate of drug-likeness (QED) is 0.868. The van der Waals surface area contributed by atoms with Gasteiger partial charge in [0.15, 0.2) is 5.78 Å². The Morgan fingerprint density at radius 2 is 2.00 bits per heavy atom. The Labute approximate surface area is 159 Å². The summed E-state index contributed by atoms with van der Waals surface area (Å²) in [6.45, 7) is 8.97. The topological polar surface area (TPSA) is 71.5 Å². The van der Waals surface area contributed by atoms with Gasteiger partial charge in [-0.1, -0.05) is 17.7 Å². The maximum absolute atomic E-state index is 12.3. The fourth-order valence-electron chi connectivity index (χ4n) is 3.17. The van der Waals surface area contributed by atoms with Crippen molar-refractivity contribution in [1.29, 1.82) is 0 Å². The van der Waals surface area contributed by atoms with E-state index >= 15 is 0 Å². The Bertz CT molecular complexity index is 851. The van der Waals surface area contributed by atoms with Gasteiger partial charge in [0.05, 0.1) is 6.54 Å². The molecule has 1 saturated heterocycles. The number of nitrogens with one attached hydrogen (secondary N) is 1. The molecule has 1 aliphatic rings. The lowest BCUT2D eigenvalue weighted by molar-refractivity contribution is -0.119. The molecule has 2 aromatic rings. The molecule has 0 bridgehead atoms. The normalized spacial score (nSPS) is 14.7. The van der Waals surface area contributed by atoms with Crippen LogP contribution < -0.4 is 5.32 Å². The molecule has 1 fully saturated rings. The maximum atomic E-state index is 12.3. The number of carbonyl (C=O) groups excluding carboxylic acids is 2. The Kier molecular flexibility index (Phi) is 5.35. The second-order valence-electron chi connectivity index (χ2n) is 8.23. The number of aryl methyl sites for hydroxylation is 1. The number of benzene rings is 1. The summed E-state index contributed by atoms with van der Waals surface area (Å²) in [5, 5.41) is 5.28. The van der Waals surface area contributed by atoms with Gasteiger partial charge < -0.3 is 15.0 Å². The van der Waals surface area contributed by atoms with E-state index in [-0.39, 0.29) is 24.3 Å². The Morgan fingerprint density at radius 3 is 2.70 bits per heavy atom. The Balaban J connectivity index is 1.48. The summed E-state index contributed by atoms with van der Waals surface area (Å²) in [4.78, 5) is 30.3. The summed E-state index contributed by atoms with van der Waals surface area (Å²) in [5.74, 6) is 1.05. The lowest BCUT2D eigenvalue weighted by Gasteiger charge is -2.39. The number of carbonyl (C=O) groups is 2. The second-order valence-corrected chi connectivity index (χ2v) is 8.23. The van der Waals surface area contributed by atoms with Crippen LogP contribution in [0.15, 0.2) is 30.5 Å². The molecule has 1 aliphatic heterocycles. The SMILES string of the molecule is Cc1ccc2ccnc(NCC(=O)CC3CN(C(=O)OC(C)(C)C)C3)c2c1. The molecule has 1 aromatic heterocycles. The van der Waals surface area contributed by atoms with E-state index in [1.54, 1.807) is 11.1 Å². The number of fused-ring (bicyclic) bond motifs is 1. The van der Waals surface area contributed by atoms with Crippen LogP contribution in [0.2, 0.25) is 0 Å². The number of likely N-dealkylation sites (tertiary alicyclic amines) is 1. The van der Waals surface area contributed by atoms with Crippen molar-refractivity contribution in [3.05, 3.63) is 36.0 Å². The summed E-state index contributed by atoms with van der Waals surface area (Å²) in [6.07, 6.45) is 1.89. The minimum atomic E-state index is -0.494. The third kappa shape index (κ3) is 4.96. The molecule has 0 saturated carbocycles. The number of amides is 1. The van der Waals surface area contributed by atoms with Crippen molar-refractivity contribution >= 4 is 28.5 Å². The van der Waals surface area contributed by atoms with Gasteiger partial charge in [0.1, 0.15) is 11.4 Å². The molecule has 144 valence electrons. The lowest BCUT2D eigenvalue weighted by atomic mass is 9.94. The first kappa shape index (κ1) is 19.1. The average molecular weight is 369 g/mol. The standard InChI is InChI=1S/C21H27N3O3/c1-14-5-6-16-7-8-22-19(18(16)9-14)23-11-17(25)10-15-12-24(13-15)20(26)27-21(2,3)4/h5-9,15H,10-13H2,1-4H3,(H,22,23). The summed E-state index contributed by atoms with van der Waals surface area (Å²) in [6, 6.07) is 8.14. The first-order valence-electron chi connectivity index (χ1n) is 9.30. The highest BCUT2D eigenvalue weighted by Crippen LogP contribution is 2.24. The van der Waals surface area contributed by atoms with Crippen LogP contribution >= 0.6 is 0 Å². The van der Waals surface area contributed by atoms with Gasteiger partial charge in [0, 0.05) is 37.0 Å². The molecule has 0 atom stereocenters. The zero-order valence-electron chi connectivity index (χ0n) is 16.4. The lowest BCUT2D eigenvalue weighted by Crippen LogP contribution is -2.52. The van der Waals surface area contributed by atoms with Crippen LogP contribution in [0.5, 0.6) is 0 Å². The number of anilines is 1. The summed E-state index contributed by atoms with van der Waals surface area (Å²) < 4.78 is 5.33. The van der Waals surface area contributed by atoms with Crippen molar-refractivity contribution in [3.8, 4) is 0 Å². The van der Waals surface area contributed by atoms with Gasteiger partial charge in [-0.2, -0.15) is 0 Å². The second kappa shape index (κ2) is 7.55. The molecule has 1 amide bonds. The van der Waals surface area contributed by atoms with Crippen LogP contribution in [0.3, 0.4) is 0 Å². The fraction of sp³-hybridized carbons (Fsp3) is 0.476. The highest BCUT2D eigenvalue weighted by atomic mass is 16.6. The minimum Gasteiger partial charge on any atom is -0.444 e. The molecular formula is C21H27N3O3. The number of aromatic nitrogens is 1. The Morgan fingerprint density at radius 1 is 1.26 bits per heavy atom. The molecular weight excluding hydrogens is 342 g/mol. The van der Waals surface area contributed by atoms with Gasteiger partial charge in [-0.3, -0.25) is 4.79 Å². The van der Waals surface area contributed by atoms with Gasteiger partial charge >= 0.3 is 6.09 Å². The predicted octanol–water partition coefficient (Wildman–Crippen LogP) is 3.78. The number of pyridine rings is 1. The van der Waals surface area contributed by atoms with Crippen LogP contribution in [0, 0.1) is 12.8 Å². The maximum Gasteiger partial charge on any atom is 0.410 e. The van der Waals surface area contributed by atoms with Crippen LogP contribution in [0.1, 0.15) is 32.8 Å². The van der Waals surface area contributed by atoms with E-state index < -0.39 is 5.60 Å². The summed E-state index contributed by atoms with van der Waals surface area (Å²) in [5.41, 5.74) is 0.660. The van der Waals surface area contributed by atoms with Crippen LogP contribution in [-0.4, -0.2) is 47.0 Å². The molecule has 0 aliphatic carbocycles. The zero-order chi connectivity index (χ0) is 19.6. The number of rotatable bonds is 5. The molecule has 0 unspecified atom stereocenters.